The van der Waals surface area contributed by atoms with Crippen molar-refractivity contribution in [1.29, 1.82) is 0 Å². The van der Waals surface area contributed by atoms with Gasteiger partial charge in [-0.05, 0) is 18.2 Å². The largest absolute Gasteiger partial charge is 0.487 e. The van der Waals surface area contributed by atoms with E-state index in [4.69, 9.17) is 9.84 Å². The van der Waals surface area contributed by atoms with E-state index in [1.54, 1.807) is 23.9 Å². The molecule has 0 aliphatic heterocycles. The van der Waals surface area contributed by atoms with Crippen LogP contribution in [0.4, 0.5) is 0 Å². The number of aromatic carboxylic acids is 1. The fourth-order valence-corrected chi connectivity index (χ4v) is 1.61. The number of carboxylic acids is 1. The molecule has 0 aliphatic rings. The number of para-hydroxylation sites is 1. The zero-order valence-electron chi connectivity index (χ0n) is 9.46. The summed E-state index contributed by atoms with van der Waals surface area (Å²) in [5.41, 5.74) is 0.935. The summed E-state index contributed by atoms with van der Waals surface area (Å²) in [6, 6.07) is 10.9. The highest BCUT2D eigenvalue weighted by Gasteiger charge is 2.13. The predicted octanol–water partition coefficient (Wildman–Crippen LogP) is 2.30. The molecule has 0 bridgehead atoms. The van der Waals surface area contributed by atoms with E-state index in [0.717, 1.165) is 5.75 Å². The Morgan fingerprint density at radius 1 is 1.29 bits per heavy atom. The van der Waals surface area contributed by atoms with Gasteiger partial charge in [-0.2, -0.15) is 0 Å². The van der Waals surface area contributed by atoms with E-state index < -0.39 is 5.97 Å². The van der Waals surface area contributed by atoms with Gasteiger partial charge >= 0.3 is 5.97 Å². The van der Waals surface area contributed by atoms with Gasteiger partial charge in [0.15, 0.2) is 0 Å². The molecule has 0 saturated carbocycles. The zero-order chi connectivity index (χ0) is 12.3. The highest BCUT2D eigenvalue weighted by Crippen LogP contribution is 2.15. The van der Waals surface area contributed by atoms with Crippen molar-refractivity contribution in [3.05, 3.63) is 53.9 Å². The van der Waals surface area contributed by atoms with Crippen molar-refractivity contribution < 1.29 is 14.6 Å². The lowest BCUT2D eigenvalue weighted by molar-refractivity contribution is 0.0693. The molecule has 4 heteroatoms. The van der Waals surface area contributed by atoms with E-state index in [1.807, 2.05) is 30.3 Å². The lowest BCUT2D eigenvalue weighted by Gasteiger charge is -2.08. The zero-order valence-corrected chi connectivity index (χ0v) is 9.46. The van der Waals surface area contributed by atoms with E-state index in [9.17, 15) is 4.79 Å². The van der Waals surface area contributed by atoms with Gasteiger partial charge in [-0.3, -0.25) is 0 Å². The Morgan fingerprint density at radius 2 is 2.00 bits per heavy atom. The van der Waals surface area contributed by atoms with Crippen molar-refractivity contribution in [3.8, 4) is 5.75 Å². The Bertz CT molecular complexity index is 517. The van der Waals surface area contributed by atoms with E-state index in [0.29, 0.717) is 5.69 Å². The highest BCUT2D eigenvalue weighted by molar-refractivity contribution is 5.89. The highest BCUT2D eigenvalue weighted by atomic mass is 16.5. The molecule has 88 valence electrons. The minimum absolute atomic E-state index is 0.245. The normalized spacial score (nSPS) is 10.2. The van der Waals surface area contributed by atoms with Crippen LogP contribution in [-0.4, -0.2) is 15.6 Å². The number of rotatable bonds is 4. The first kappa shape index (κ1) is 11.3. The fourth-order valence-electron chi connectivity index (χ4n) is 1.61. The number of hydrogen-bond donors (Lipinski definition) is 1. The van der Waals surface area contributed by atoms with Crippen LogP contribution in [0.3, 0.4) is 0 Å². The Balaban J connectivity index is 2.14. The second-order valence-corrected chi connectivity index (χ2v) is 3.69. The summed E-state index contributed by atoms with van der Waals surface area (Å²) in [5.74, 6) is -0.206. The molecule has 4 nitrogen and oxygen atoms in total. The number of nitrogens with zero attached hydrogens (tertiary/aromatic N) is 1. The van der Waals surface area contributed by atoms with E-state index in [1.165, 1.54) is 0 Å². The predicted molar refractivity (Wildman–Crippen MR) is 63.1 cm³/mol. The van der Waals surface area contributed by atoms with Gasteiger partial charge in [0.1, 0.15) is 12.4 Å². The Labute approximate surface area is 99.1 Å². The molecule has 0 amide bonds. The number of aromatic nitrogens is 1. The van der Waals surface area contributed by atoms with Gasteiger partial charge in [0, 0.05) is 13.2 Å². The Morgan fingerprint density at radius 3 is 2.65 bits per heavy atom. The molecule has 0 saturated heterocycles. The van der Waals surface area contributed by atoms with Crippen LogP contribution in [0.15, 0.2) is 42.6 Å². The lowest BCUT2D eigenvalue weighted by atomic mass is 10.2. The van der Waals surface area contributed by atoms with Crippen LogP contribution < -0.4 is 4.74 Å². The first-order valence-corrected chi connectivity index (χ1v) is 5.24. The monoisotopic (exact) mass is 231 g/mol. The summed E-state index contributed by atoms with van der Waals surface area (Å²) in [6.45, 7) is 0.245. The molecule has 2 aromatic rings. The summed E-state index contributed by atoms with van der Waals surface area (Å²) in [5, 5.41) is 9.01. The standard InChI is InChI=1S/C13H13NO3/c1-14-8-7-11(13(15)16)12(14)9-17-10-5-3-2-4-6-10/h2-8H,9H2,1H3,(H,15,16). The molecular weight excluding hydrogens is 218 g/mol. The molecule has 0 unspecified atom stereocenters. The van der Waals surface area contributed by atoms with Gasteiger partial charge in [0.25, 0.3) is 0 Å². The third kappa shape index (κ3) is 2.47. The van der Waals surface area contributed by atoms with Gasteiger partial charge in [-0.1, -0.05) is 18.2 Å². The van der Waals surface area contributed by atoms with Gasteiger partial charge < -0.3 is 14.4 Å². The first-order chi connectivity index (χ1) is 8.18. The second-order valence-electron chi connectivity index (χ2n) is 3.69. The van der Waals surface area contributed by atoms with Crippen molar-refractivity contribution >= 4 is 5.97 Å². The summed E-state index contributed by atoms with van der Waals surface area (Å²) >= 11 is 0. The minimum atomic E-state index is -0.933. The smallest absolute Gasteiger partial charge is 0.337 e. The molecule has 1 heterocycles. The molecule has 2 rings (SSSR count). The lowest BCUT2D eigenvalue weighted by Crippen LogP contribution is -2.07. The van der Waals surface area contributed by atoms with Gasteiger partial charge in [-0.15, -0.1) is 0 Å². The van der Waals surface area contributed by atoms with E-state index in [2.05, 4.69) is 0 Å². The molecular formula is C13H13NO3. The van der Waals surface area contributed by atoms with Crippen molar-refractivity contribution in [2.24, 2.45) is 7.05 Å². The summed E-state index contributed by atoms with van der Waals surface area (Å²) in [6.07, 6.45) is 1.72. The number of ether oxygens (including phenoxy) is 1. The SMILES string of the molecule is Cn1ccc(C(=O)O)c1COc1ccccc1. The van der Waals surface area contributed by atoms with Crippen LogP contribution in [0.2, 0.25) is 0 Å². The van der Waals surface area contributed by atoms with Crippen molar-refractivity contribution in [3.63, 3.8) is 0 Å². The number of hydrogen-bond acceptors (Lipinski definition) is 2. The average molecular weight is 231 g/mol. The van der Waals surface area contributed by atoms with Gasteiger partial charge in [0.2, 0.25) is 0 Å². The topological polar surface area (TPSA) is 51.5 Å². The molecule has 1 aromatic carbocycles. The minimum Gasteiger partial charge on any atom is -0.487 e. The Kier molecular flexibility index (Phi) is 3.14. The maximum absolute atomic E-state index is 11.0. The molecule has 0 atom stereocenters. The third-order valence-electron chi connectivity index (χ3n) is 2.55. The van der Waals surface area contributed by atoms with Gasteiger partial charge in [-0.25, -0.2) is 4.79 Å². The van der Waals surface area contributed by atoms with Crippen LogP contribution in [-0.2, 0) is 13.7 Å². The fraction of sp³-hybridized carbons (Fsp3) is 0.154. The van der Waals surface area contributed by atoms with Crippen LogP contribution >= 0.6 is 0 Å². The molecule has 0 aliphatic carbocycles. The average Bonchev–Trinajstić information content (AvgIpc) is 2.69. The Hall–Kier alpha value is -2.23. The molecule has 0 fully saturated rings. The van der Waals surface area contributed by atoms with Crippen LogP contribution in [0, 0.1) is 0 Å². The van der Waals surface area contributed by atoms with Crippen LogP contribution in [0.1, 0.15) is 16.1 Å². The van der Waals surface area contributed by atoms with Crippen molar-refractivity contribution in [2.45, 2.75) is 6.61 Å². The maximum Gasteiger partial charge on any atom is 0.337 e. The number of carbonyl (C=O) groups is 1. The van der Waals surface area contributed by atoms with Crippen LogP contribution in [0.25, 0.3) is 0 Å². The second kappa shape index (κ2) is 4.74. The molecule has 0 spiro atoms. The van der Waals surface area contributed by atoms with Crippen molar-refractivity contribution in [2.75, 3.05) is 0 Å². The van der Waals surface area contributed by atoms with E-state index in [-0.39, 0.29) is 12.2 Å². The van der Waals surface area contributed by atoms with Crippen molar-refractivity contribution in [1.82, 2.24) is 4.57 Å². The first-order valence-electron chi connectivity index (χ1n) is 5.24. The summed E-state index contributed by atoms with van der Waals surface area (Å²) in [4.78, 5) is 11.0. The molecule has 1 aromatic heterocycles. The number of aryl methyl sites for hydroxylation is 1. The van der Waals surface area contributed by atoms with Crippen LogP contribution in [0.5, 0.6) is 5.75 Å². The summed E-state index contributed by atoms with van der Waals surface area (Å²) in [7, 11) is 1.80. The quantitative estimate of drug-likeness (QED) is 0.878. The number of carboxylic acid groups (broad SMARTS) is 1. The van der Waals surface area contributed by atoms with E-state index >= 15 is 0 Å². The number of benzene rings is 1. The molecule has 0 radical (unpaired) electrons. The maximum atomic E-state index is 11.0. The van der Waals surface area contributed by atoms with Gasteiger partial charge in [0.05, 0.1) is 11.3 Å². The summed E-state index contributed by atoms with van der Waals surface area (Å²) < 4.78 is 7.29. The molecule has 1 N–H and O–H groups in total. The third-order valence-corrected chi connectivity index (χ3v) is 2.55. The molecule has 17 heavy (non-hydrogen) atoms.